The molecule has 730 valence electrons. The average Bonchev–Trinajstić information content (AvgIpc) is 0.755. The topological polar surface area (TPSA) is 684 Å². The molecule has 43 nitrogen and oxygen atoms in total. The van der Waals surface area contributed by atoms with Crippen molar-refractivity contribution in [3.05, 3.63) is 24.3 Å². The second kappa shape index (κ2) is 56.3. The van der Waals surface area contributed by atoms with Gasteiger partial charge in [0.15, 0.2) is 43.8 Å². The lowest BCUT2D eigenvalue weighted by molar-refractivity contribution is -0.365. The smallest absolute Gasteiger partial charge is 0.462 e. The number of hydrogen-bond acceptors (Lipinski definition) is 42. The second-order valence-electron chi connectivity index (χ2n) is 33.3. The van der Waals surface area contributed by atoms with E-state index in [0.717, 1.165) is 77.0 Å². The number of phosphoric acid groups is 1. The van der Waals surface area contributed by atoms with E-state index in [1.807, 2.05) is 0 Å². The molecular formula is C81H143O43P. The first kappa shape index (κ1) is 109. The van der Waals surface area contributed by atoms with Crippen LogP contribution in [-0.2, 0) is 89.5 Å². The van der Waals surface area contributed by atoms with Gasteiger partial charge in [-0.2, -0.15) is 0 Å². The number of ether oxygens (including phenoxy) is 14. The van der Waals surface area contributed by atoms with E-state index in [-0.39, 0.29) is 12.8 Å². The minimum Gasteiger partial charge on any atom is -0.462 e. The molecule has 6 aliphatic heterocycles. The molecule has 0 aromatic carbocycles. The number of aliphatic hydroxyl groups excluding tert-OH is 23. The molecule has 0 spiro atoms. The predicted molar refractivity (Wildman–Crippen MR) is 426 cm³/mol. The van der Waals surface area contributed by atoms with Crippen LogP contribution in [-0.4, -0.2) is 414 Å². The monoisotopic (exact) mass is 1830 g/mol. The van der Waals surface area contributed by atoms with Crippen molar-refractivity contribution in [3.8, 4) is 0 Å². The van der Waals surface area contributed by atoms with E-state index in [1.165, 1.54) is 64.2 Å². The predicted octanol–water partition coefficient (Wildman–Crippen LogP) is -4.22. The molecule has 7 rings (SSSR count). The van der Waals surface area contributed by atoms with Crippen LogP contribution in [0.15, 0.2) is 24.3 Å². The van der Waals surface area contributed by atoms with E-state index < -0.39 is 300 Å². The first-order valence-electron chi connectivity index (χ1n) is 44.2. The van der Waals surface area contributed by atoms with Gasteiger partial charge in [-0.3, -0.25) is 18.6 Å². The second-order valence-corrected chi connectivity index (χ2v) is 34.7. The minimum atomic E-state index is -5.89. The van der Waals surface area contributed by atoms with Gasteiger partial charge in [0.05, 0.1) is 46.2 Å². The third-order valence-electron chi connectivity index (χ3n) is 23.4. The lowest BCUT2D eigenvalue weighted by Gasteiger charge is -2.49. The summed E-state index contributed by atoms with van der Waals surface area (Å²) in [6.45, 7) is -2.94. The average molecular weight is 1840 g/mol. The van der Waals surface area contributed by atoms with Crippen LogP contribution < -0.4 is 0 Å². The molecule has 44 heteroatoms. The van der Waals surface area contributed by atoms with E-state index >= 15 is 0 Å². The number of carbonyl (C=O) groups is 2. The standard InChI is InChI=1S/C81H143O43P/c1-3-5-7-9-11-13-15-17-19-21-23-25-27-29-31-33-50(84)109-37-43(115-51(85)34-32-30-28-26-24-22-20-18-16-14-12-10-8-6-4-2)38-114-125(107,108)124-75-73(122-80-71(105)59(93)53(87)45(36-83)117-80)65(99)64(98)66(100)74(75)123-81-72(106)63(97)57(91)49(121-81)42-113-79-70(104)62(96)56(90)48(120-79)41-112-78-69(103)61(95)55(89)47(119-78)40-111-77-68(102)60(94)54(88)46(118-77)39-110-76-67(101)58(92)52(86)44(35-82)116-76/h17-20,43-49,52-83,86-106H,3-16,21-42H2,1-2H3,(H,107,108)/b19-17-,20-18-/t43-,44?,45?,46?,47?,48?,49?,52+,53-,54+,55+,56+,57+,58?,59?,60?,61?,62?,63?,64+,65?,66?,67+,68+,69+,70+,71-,72+,73-,74?,75+,76-,77-,78-,79-,80-,81+/m1/s1. The highest BCUT2D eigenvalue weighted by Gasteiger charge is 2.60. The van der Waals surface area contributed by atoms with Gasteiger partial charge in [-0.1, -0.05) is 141 Å². The number of unbranched alkanes of at least 4 members (excludes halogenated alkanes) is 22. The highest BCUT2D eigenvalue weighted by molar-refractivity contribution is 7.47. The molecule has 0 amide bonds. The molecule has 7 aliphatic rings. The van der Waals surface area contributed by atoms with Crippen LogP contribution in [0.3, 0.4) is 0 Å². The molecule has 0 aromatic rings. The Morgan fingerprint density at radius 2 is 0.576 bits per heavy atom. The third-order valence-corrected chi connectivity index (χ3v) is 24.4. The van der Waals surface area contributed by atoms with Crippen LogP contribution in [0.25, 0.3) is 0 Å². The minimum absolute atomic E-state index is 0.0449. The summed E-state index contributed by atoms with van der Waals surface area (Å²) in [5.41, 5.74) is 0. The van der Waals surface area contributed by atoms with E-state index in [1.54, 1.807) is 0 Å². The Labute approximate surface area is 726 Å². The van der Waals surface area contributed by atoms with Gasteiger partial charge in [-0.25, -0.2) is 4.57 Å². The van der Waals surface area contributed by atoms with Crippen LogP contribution in [0.5, 0.6) is 0 Å². The zero-order valence-electron chi connectivity index (χ0n) is 71.1. The van der Waals surface area contributed by atoms with E-state index in [0.29, 0.717) is 25.7 Å². The largest absolute Gasteiger partial charge is 0.472 e. The fraction of sp³-hybridized carbons (Fsp3) is 0.926. The quantitative estimate of drug-likeness (QED) is 0.0119. The van der Waals surface area contributed by atoms with Gasteiger partial charge in [0.1, 0.15) is 190 Å². The summed E-state index contributed by atoms with van der Waals surface area (Å²) in [7, 11) is -5.89. The number of esters is 2. The maximum absolute atomic E-state index is 14.5. The molecule has 0 radical (unpaired) electrons. The maximum atomic E-state index is 14.5. The van der Waals surface area contributed by atoms with Gasteiger partial charge in [-0.15, -0.1) is 0 Å². The Balaban J connectivity index is 1.00. The lowest BCUT2D eigenvalue weighted by Crippen LogP contribution is -2.69. The molecule has 0 aromatic heterocycles. The summed E-state index contributed by atoms with van der Waals surface area (Å²) >= 11 is 0. The summed E-state index contributed by atoms with van der Waals surface area (Å²) in [4.78, 5) is 38.5. The fourth-order valence-electron chi connectivity index (χ4n) is 15.5. The van der Waals surface area contributed by atoms with Crippen molar-refractivity contribution < 1.29 is 212 Å². The summed E-state index contributed by atoms with van der Waals surface area (Å²) < 4.78 is 104. The van der Waals surface area contributed by atoms with Crippen molar-refractivity contribution in [1.29, 1.82) is 0 Å². The van der Waals surface area contributed by atoms with Gasteiger partial charge >= 0.3 is 19.8 Å². The van der Waals surface area contributed by atoms with Gasteiger partial charge in [-0.05, 0) is 64.2 Å². The Morgan fingerprint density at radius 1 is 0.312 bits per heavy atom. The van der Waals surface area contributed by atoms with Crippen molar-refractivity contribution in [1.82, 2.24) is 0 Å². The Kier molecular flexibility index (Phi) is 49.2. The van der Waals surface area contributed by atoms with Crippen LogP contribution in [0.4, 0.5) is 0 Å². The number of hydrogen-bond donors (Lipinski definition) is 24. The summed E-state index contributed by atoms with van der Waals surface area (Å²) in [6.07, 6.45) is -42.6. The molecule has 1 saturated carbocycles. The van der Waals surface area contributed by atoms with E-state index in [4.69, 9.17) is 75.4 Å². The number of aliphatic hydroxyl groups is 23. The van der Waals surface area contributed by atoms with E-state index in [9.17, 15) is 136 Å². The van der Waals surface area contributed by atoms with Crippen molar-refractivity contribution in [2.75, 3.05) is 52.9 Å². The van der Waals surface area contributed by atoms with Crippen molar-refractivity contribution in [3.63, 3.8) is 0 Å². The molecule has 7 fully saturated rings. The van der Waals surface area contributed by atoms with Crippen LogP contribution >= 0.6 is 7.82 Å². The molecular weight excluding hydrogens is 1690 g/mol. The maximum Gasteiger partial charge on any atom is 0.472 e. The van der Waals surface area contributed by atoms with Crippen LogP contribution in [0.2, 0.25) is 0 Å². The molecule has 38 atom stereocenters. The normalized spacial score (nSPS) is 39.3. The van der Waals surface area contributed by atoms with Crippen molar-refractivity contribution in [2.24, 2.45) is 0 Å². The number of rotatable bonds is 56. The number of allylic oxidation sites excluding steroid dienone is 4. The van der Waals surface area contributed by atoms with Gasteiger partial charge < -0.3 is 189 Å². The Bertz CT molecular complexity index is 3060. The van der Waals surface area contributed by atoms with Crippen LogP contribution in [0, 0.1) is 0 Å². The van der Waals surface area contributed by atoms with Crippen LogP contribution in [0.1, 0.15) is 194 Å². The first-order valence-corrected chi connectivity index (χ1v) is 45.7. The third kappa shape index (κ3) is 33.3. The summed E-state index contributed by atoms with van der Waals surface area (Å²) in [5, 5.41) is 251. The number of phosphoric ester groups is 1. The molecule has 6 saturated heterocycles. The molecule has 16 unspecified atom stereocenters. The summed E-state index contributed by atoms with van der Waals surface area (Å²) in [6, 6.07) is 0. The molecule has 125 heavy (non-hydrogen) atoms. The zero-order valence-corrected chi connectivity index (χ0v) is 72.0. The van der Waals surface area contributed by atoms with Crippen molar-refractivity contribution in [2.45, 2.75) is 421 Å². The number of carbonyl (C=O) groups excluding carboxylic acids is 2. The first-order chi connectivity index (χ1) is 59.7. The van der Waals surface area contributed by atoms with Crippen molar-refractivity contribution >= 4 is 19.8 Å². The molecule has 24 N–H and O–H groups in total. The molecule has 6 heterocycles. The fourth-order valence-corrected chi connectivity index (χ4v) is 16.4. The highest BCUT2D eigenvalue weighted by Crippen LogP contribution is 2.49. The zero-order chi connectivity index (χ0) is 91.6. The SMILES string of the molecule is CCCCCCCC/C=C\CCCCCCCC(=O)OC[C@H](COP(=O)(O)O[C@@H]1C(O[C@@H]2OC(CO[C@@H]3OC(CO[C@@H]4OC(CO[C@@H]5OC(CO[C@@H]6OC(CO)[C@H](O)C(O)[C@@H]6O)[C@H](O)C(O)[C@@H]5O)[C@H](O)C(O)[C@@H]4O)[C@H](O)C(O)[C@@H]3O)[C@H](O)C(O)[C@@H]2O)C(O)[C@@H](O)C(O)[C@H]1O[C@H]1OC(CO)[C@@H](O)C(O)[C@H]1O)OC(=O)CCCCCCC/C=C\CCCCCCCC. The summed E-state index contributed by atoms with van der Waals surface area (Å²) in [5.74, 6) is -1.52. The molecule has 1 aliphatic carbocycles. The molecule has 0 bridgehead atoms. The van der Waals surface area contributed by atoms with Gasteiger partial charge in [0, 0.05) is 12.8 Å². The Morgan fingerprint density at radius 3 is 0.904 bits per heavy atom. The van der Waals surface area contributed by atoms with Gasteiger partial charge in [0.2, 0.25) is 0 Å². The highest BCUT2D eigenvalue weighted by atomic mass is 31.2. The van der Waals surface area contributed by atoms with E-state index in [2.05, 4.69) is 38.2 Å². The Hall–Kier alpha value is -2.87. The van der Waals surface area contributed by atoms with Gasteiger partial charge in [0.25, 0.3) is 0 Å². The lowest BCUT2D eigenvalue weighted by atomic mass is 9.84.